The predicted octanol–water partition coefficient (Wildman–Crippen LogP) is 0.462. The lowest BCUT2D eigenvalue weighted by atomic mass is 9.96. The molecule has 6 heteroatoms. The van der Waals surface area contributed by atoms with Crippen molar-refractivity contribution in [3.63, 3.8) is 0 Å². The van der Waals surface area contributed by atoms with Crippen LogP contribution in [0.2, 0.25) is 0 Å². The molecule has 1 unspecified atom stereocenters. The van der Waals surface area contributed by atoms with Gasteiger partial charge >= 0.3 is 5.97 Å². The lowest BCUT2D eigenvalue weighted by Gasteiger charge is -2.21. The second-order valence-electron chi connectivity index (χ2n) is 5.75. The Morgan fingerprint density at radius 2 is 1.68 bits per heavy atom. The molecule has 0 aromatic rings. The van der Waals surface area contributed by atoms with Crippen LogP contribution in [0.3, 0.4) is 0 Å². The van der Waals surface area contributed by atoms with Gasteiger partial charge in [-0.15, -0.1) is 0 Å². The molecule has 6 nitrogen and oxygen atoms in total. The summed E-state index contributed by atoms with van der Waals surface area (Å²) in [6.07, 6.45) is 0. The number of nitrogens with one attached hydrogen (secondary N) is 2. The maximum absolute atomic E-state index is 11.7. The topological polar surface area (TPSA) is 84.5 Å². The molecule has 110 valence electrons. The molecule has 0 aliphatic heterocycles. The van der Waals surface area contributed by atoms with Gasteiger partial charge in [0.25, 0.3) is 0 Å². The third-order valence-corrected chi connectivity index (χ3v) is 2.53. The van der Waals surface area contributed by atoms with Crippen LogP contribution in [0.4, 0.5) is 0 Å². The molecule has 0 bridgehead atoms. The van der Waals surface area contributed by atoms with Crippen molar-refractivity contribution in [3.05, 3.63) is 0 Å². The Morgan fingerprint density at radius 3 is 2.05 bits per heavy atom. The summed E-state index contributed by atoms with van der Waals surface area (Å²) < 4.78 is 4.61. The lowest BCUT2D eigenvalue weighted by Crippen LogP contribution is -2.49. The minimum Gasteiger partial charge on any atom is -0.467 e. The SMILES string of the molecule is COC(=O)C(NC(=O)CNC(=O)C(C)(C)C)C(C)C. The van der Waals surface area contributed by atoms with Crippen LogP contribution in [0.15, 0.2) is 0 Å². The Kier molecular flexibility index (Phi) is 6.52. The van der Waals surface area contributed by atoms with Gasteiger partial charge in [-0.2, -0.15) is 0 Å². The number of rotatable bonds is 5. The van der Waals surface area contributed by atoms with Crippen LogP contribution in [-0.2, 0) is 19.1 Å². The smallest absolute Gasteiger partial charge is 0.328 e. The third kappa shape index (κ3) is 6.22. The highest BCUT2D eigenvalue weighted by Crippen LogP contribution is 2.12. The molecule has 19 heavy (non-hydrogen) atoms. The van der Waals surface area contributed by atoms with Gasteiger partial charge in [-0.1, -0.05) is 34.6 Å². The highest BCUT2D eigenvalue weighted by molar-refractivity contribution is 5.89. The standard InChI is InChI=1S/C13H24N2O4/c1-8(2)10(11(17)19-6)15-9(16)7-14-12(18)13(3,4)5/h8,10H,7H2,1-6H3,(H,14,18)(H,15,16). The zero-order chi connectivity index (χ0) is 15.2. The van der Waals surface area contributed by atoms with Gasteiger partial charge in [0.1, 0.15) is 6.04 Å². The molecular formula is C13H24N2O4. The van der Waals surface area contributed by atoms with E-state index in [9.17, 15) is 14.4 Å². The van der Waals surface area contributed by atoms with Crippen LogP contribution in [0.25, 0.3) is 0 Å². The monoisotopic (exact) mass is 272 g/mol. The van der Waals surface area contributed by atoms with Gasteiger partial charge in [-0.3, -0.25) is 9.59 Å². The summed E-state index contributed by atoms with van der Waals surface area (Å²) in [7, 11) is 1.27. The summed E-state index contributed by atoms with van der Waals surface area (Å²) in [5.74, 6) is -1.22. The molecule has 2 amide bonds. The Hall–Kier alpha value is -1.59. The Balaban J connectivity index is 4.37. The Bertz CT molecular complexity index is 345. The second kappa shape index (κ2) is 7.11. The Labute approximate surface area is 114 Å². The molecule has 0 fully saturated rings. The van der Waals surface area contributed by atoms with Gasteiger partial charge < -0.3 is 15.4 Å². The van der Waals surface area contributed by atoms with E-state index in [2.05, 4.69) is 15.4 Å². The highest BCUT2D eigenvalue weighted by atomic mass is 16.5. The maximum Gasteiger partial charge on any atom is 0.328 e. The molecular weight excluding hydrogens is 248 g/mol. The highest BCUT2D eigenvalue weighted by Gasteiger charge is 2.26. The van der Waals surface area contributed by atoms with Crippen molar-refractivity contribution in [1.82, 2.24) is 10.6 Å². The molecule has 2 N–H and O–H groups in total. The number of hydrogen-bond donors (Lipinski definition) is 2. The van der Waals surface area contributed by atoms with E-state index < -0.39 is 23.3 Å². The van der Waals surface area contributed by atoms with Crippen molar-refractivity contribution in [2.24, 2.45) is 11.3 Å². The summed E-state index contributed by atoms with van der Waals surface area (Å²) >= 11 is 0. The fourth-order valence-electron chi connectivity index (χ4n) is 1.27. The molecule has 0 aliphatic carbocycles. The number of carbonyl (C=O) groups excluding carboxylic acids is 3. The Morgan fingerprint density at radius 1 is 1.16 bits per heavy atom. The second-order valence-corrected chi connectivity index (χ2v) is 5.75. The summed E-state index contributed by atoms with van der Waals surface area (Å²) in [6.45, 7) is 8.71. The maximum atomic E-state index is 11.7. The van der Waals surface area contributed by atoms with Gasteiger partial charge in [-0.05, 0) is 5.92 Å². The van der Waals surface area contributed by atoms with Crippen LogP contribution >= 0.6 is 0 Å². The van der Waals surface area contributed by atoms with E-state index >= 15 is 0 Å². The number of esters is 1. The average molecular weight is 272 g/mol. The van der Waals surface area contributed by atoms with Crippen LogP contribution in [-0.4, -0.2) is 37.5 Å². The number of amides is 2. The molecule has 0 spiro atoms. The largest absolute Gasteiger partial charge is 0.467 e. The fourth-order valence-corrected chi connectivity index (χ4v) is 1.27. The van der Waals surface area contributed by atoms with E-state index in [0.29, 0.717) is 0 Å². The first-order valence-electron chi connectivity index (χ1n) is 6.25. The molecule has 1 atom stereocenters. The molecule has 0 aromatic carbocycles. The van der Waals surface area contributed by atoms with E-state index in [4.69, 9.17) is 0 Å². The van der Waals surface area contributed by atoms with Crippen LogP contribution < -0.4 is 10.6 Å². The molecule has 0 saturated heterocycles. The van der Waals surface area contributed by atoms with Gasteiger partial charge in [0.05, 0.1) is 13.7 Å². The van der Waals surface area contributed by atoms with Gasteiger partial charge in [-0.25, -0.2) is 4.79 Å². The number of carbonyl (C=O) groups is 3. The third-order valence-electron chi connectivity index (χ3n) is 2.53. The minimum absolute atomic E-state index is 0.0882. The fraction of sp³-hybridized carbons (Fsp3) is 0.769. The van der Waals surface area contributed by atoms with E-state index in [-0.39, 0.29) is 18.4 Å². The average Bonchev–Trinajstić information content (AvgIpc) is 2.30. The number of hydrogen-bond acceptors (Lipinski definition) is 4. The molecule has 0 saturated carbocycles. The van der Waals surface area contributed by atoms with Crippen molar-refractivity contribution in [2.75, 3.05) is 13.7 Å². The van der Waals surface area contributed by atoms with Crippen molar-refractivity contribution in [1.29, 1.82) is 0 Å². The lowest BCUT2D eigenvalue weighted by molar-refractivity contribution is -0.146. The normalized spacial score (nSPS) is 12.8. The first kappa shape index (κ1) is 17.4. The van der Waals surface area contributed by atoms with E-state index in [1.165, 1.54) is 7.11 Å². The zero-order valence-corrected chi connectivity index (χ0v) is 12.5. The summed E-state index contributed by atoms with van der Waals surface area (Å²) in [5, 5.41) is 5.07. The number of ether oxygens (including phenoxy) is 1. The van der Waals surface area contributed by atoms with Crippen LogP contribution in [0.5, 0.6) is 0 Å². The van der Waals surface area contributed by atoms with Gasteiger partial charge in [0.2, 0.25) is 11.8 Å². The van der Waals surface area contributed by atoms with Crippen molar-refractivity contribution in [2.45, 2.75) is 40.7 Å². The van der Waals surface area contributed by atoms with E-state index in [0.717, 1.165) is 0 Å². The van der Waals surface area contributed by atoms with Gasteiger partial charge in [0, 0.05) is 5.41 Å². The number of methoxy groups -OCH3 is 1. The first-order valence-corrected chi connectivity index (χ1v) is 6.25. The van der Waals surface area contributed by atoms with E-state index in [1.807, 2.05) is 0 Å². The van der Waals surface area contributed by atoms with Crippen molar-refractivity contribution in [3.8, 4) is 0 Å². The quantitative estimate of drug-likeness (QED) is 0.712. The van der Waals surface area contributed by atoms with Crippen molar-refractivity contribution >= 4 is 17.8 Å². The van der Waals surface area contributed by atoms with Crippen molar-refractivity contribution < 1.29 is 19.1 Å². The molecule has 0 heterocycles. The van der Waals surface area contributed by atoms with Crippen LogP contribution in [0.1, 0.15) is 34.6 Å². The summed E-state index contributed by atoms with van der Waals surface area (Å²) in [4.78, 5) is 34.7. The molecule has 0 radical (unpaired) electrons. The molecule has 0 rings (SSSR count). The zero-order valence-electron chi connectivity index (χ0n) is 12.5. The van der Waals surface area contributed by atoms with Gasteiger partial charge in [0.15, 0.2) is 0 Å². The summed E-state index contributed by atoms with van der Waals surface area (Å²) in [5.41, 5.74) is -0.555. The summed E-state index contributed by atoms with van der Waals surface area (Å²) in [6, 6.07) is -0.705. The first-order chi connectivity index (χ1) is 8.59. The molecule has 0 aromatic heterocycles. The van der Waals surface area contributed by atoms with E-state index in [1.54, 1.807) is 34.6 Å². The predicted molar refractivity (Wildman–Crippen MR) is 71.2 cm³/mol. The minimum atomic E-state index is -0.705. The van der Waals surface area contributed by atoms with Crippen LogP contribution in [0, 0.1) is 11.3 Å². The molecule has 0 aliphatic rings.